The normalized spacial score (nSPS) is 10.4. The first-order valence-electron chi connectivity index (χ1n) is 7.72. The molecule has 0 saturated carbocycles. The molecule has 0 aliphatic rings. The highest BCUT2D eigenvalue weighted by Gasteiger charge is 2.06. The molecule has 0 spiro atoms. The van der Waals surface area contributed by atoms with Gasteiger partial charge in [0.2, 0.25) is 0 Å². The highest BCUT2D eigenvalue weighted by Crippen LogP contribution is 2.18. The Balaban J connectivity index is 1.82. The lowest BCUT2D eigenvalue weighted by molar-refractivity contribution is -0.143. The van der Waals surface area contributed by atoms with Gasteiger partial charge in [-0.1, -0.05) is 12.1 Å². The van der Waals surface area contributed by atoms with Crippen LogP contribution >= 0.6 is 15.9 Å². The molecule has 2 rings (SSSR count). The molecule has 1 aromatic heterocycles. The first-order chi connectivity index (χ1) is 11.6. The molecule has 0 atom stereocenters. The Morgan fingerprint density at radius 3 is 2.75 bits per heavy atom. The minimum atomic E-state index is -0.191. The van der Waals surface area contributed by atoms with Gasteiger partial charge >= 0.3 is 5.97 Å². The van der Waals surface area contributed by atoms with Gasteiger partial charge in [-0.25, -0.2) is 9.97 Å². The van der Waals surface area contributed by atoms with Gasteiger partial charge in [-0.15, -0.1) is 0 Å². The monoisotopic (exact) mass is 393 g/mol. The van der Waals surface area contributed by atoms with Crippen molar-refractivity contribution in [1.29, 1.82) is 0 Å². The van der Waals surface area contributed by atoms with Gasteiger partial charge in [0, 0.05) is 12.8 Å². The molecule has 0 radical (unpaired) electrons. The molecule has 0 amide bonds. The molecular formula is C17H20BrN3O3. The van der Waals surface area contributed by atoms with E-state index in [1.165, 1.54) is 0 Å². The molecule has 2 N–H and O–H groups in total. The molecule has 7 heteroatoms. The molecule has 128 valence electrons. The number of nitrogens with zero attached hydrogens (tertiary/aromatic N) is 2. The molecule has 0 fully saturated rings. The van der Waals surface area contributed by atoms with Crippen molar-refractivity contribution in [3.05, 3.63) is 46.3 Å². The molecule has 0 saturated heterocycles. The van der Waals surface area contributed by atoms with Crippen LogP contribution in [-0.4, -0.2) is 29.2 Å². The molecule has 0 aliphatic heterocycles. The van der Waals surface area contributed by atoms with E-state index in [-0.39, 0.29) is 5.97 Å². The van der Waals surface area contributed by atoms with Crippen LogP contribution in [0.2, 0.25) is 0 Å². The van der Waals surface area contributed by atoms with Crippen LogP contribution in [0.25, 0.3) is 0 Å². The van der Waals surface area contributed by atoms with E-state index in [2.05, 4.69) is 25.9 Å². The zero-order chi connectivity index (χ0) is 17.4. The summed E-state index contributed by atoms with van der Waals surface area (Å²) in [5.41, 5.74) is 7.63. The number of hydrogen-bond donors (Lipinski definition) is 1. The third-order valence-corrected chi connectivity index (χ3v) is 3.62. The van der Waals surface area contributed by atoms with E-state index in [1.54, 1.807) is 13.1 Å². The zero-order valence-corrected chi connectivity index (χ0v) is 15.1. The number of rotatable bonds is 8. The van der Waals surface area contributed by atoms with Crippen molar-refractivity contribution in [2.45, 2.75) is 26.2 Å². The summed E-state index contributed by atoms with van der Waals surface area (Å²) in [5.74, 6) is 0.998. The van der Waals surface area contributed by atoms with Crippen LogP contribution in [-0.2, 0) is 16.0 Å². The summed E-state index contributed by atoms with van der Waals surface area (Å²) in [4.78, 5) is 19.6. The number of anilines is 1. The zero-order valence-electron chi connectivity index (χ0n) is 13.5. The third-order valence-electron chi connectivity index (χ3n) is 3.24. The SMILES string of the molecule is CCOC(=O)CCCOc1ccc(Cc2nc(Br)cnc2N)cc1. The van der Waals surface area contributed by atoms with Crippen LogP contribution in [0.3, 0.4) is 0 Å². The number of aromatic nitrogens is 2. The maximum absolute atomic E-state index is 11.2. The quantitative estimate of drug-likeness (QED) is 0.547. The lowest BCUT2D eigenvalue weighted by Gasteiger charge is -2.08. The second-order valence-corrected chi connectivity index (χ2v) is 5.91. The first-order valence-corrected chi connectivity index (χ1v) is 8.52. The number of nitrogen functional groups attached to an aromatic ring is 1. The van der Waals surface area contributed by atoms with E-state index < -0.39 is 0 Å². The molecule has 1 heterocycles. The summed E-state index contributed by atoms with van der Waals surface area (Å²) in [6.07, 6.45) is 3.17. The maximum Gasteiger partial charge on any atom is 0.305 e. The van der Waals surface area contributed by atoms with Crippen molar-refractivity contribution in [2.75, 3.05) is 18.9 Å². The highest BCUT2D eigenvalue weighted by molar-refractivity contribution is 9.10. The topological polar surface area (TPSA) is 87.3 Å². The molecule has 0 unspecified atom stereocenters. The number of hydrogen-bond acceptors (Lipinski definition) is 6. The molecule has 0 bridgehead atoms. The predicted molar refractivity (Wildman–Crippen MR) is 94.8 cm³/mol. The second kappa shape index (κ2) is 9.22. The van der Waals surface area contributed by atoms with E-state index in [1.807, 2.05) is 24.3 Å². The van der Waals surface area contributed by atoms with E-state index in [0.29, 0.717) is 42.9 Å². The van der Waals surface area contributed by atoms with E-state index in [0.717, 1.165) is 17.0 Å². The number of benzene rings is 1. The van der Waals surface area contributed by atoms with Crippen LogP contribution < -0.4 is 10.5 Å². The first kappa shape index (κ1) is 18.2. The van der Waals surface area contributed by atoms with Gasteiger partial charge in [-0.2, -0.15) is 0 Å². The van der Waals surface area contributed by atoms with Crippen LogP contribution in [0, 0.1) is 0 Å². The number of carbonyl (C=O) groups excluding carboxylic acids is 1. The molecule has 24 heavy (non-hydrogen) atoms. The maximum atomic E-state index is 11.2. The van der Waals surface area contributed by atoms with Crippen LogP contribution in [0.1, 0.15) is 31.0 Å². The molecule has 6 nitrogen and oxygen atoms in total. The summed E-state index contributed by atoms with van der Waals surface area (Å²) in [6, 6.07) is 7.70. The Kier molecular flexibility index (Phi) is 6.99. The van der Waals surface area contributed by atoms with Gasteiger partial charge < -0.3 is 15.2 Å². The van der Waals surface area contributed by atoms with Crippen molar-refractivity contribution in [3.63, 3.8) is 0 Å². The summed E-state index contributed by atoms with van der Waals surface area (Å²) < 4.78 is 11.1. The Bertz CT molecular complexity index is 677. The summed E-state index contributed by atoms with van der Waals surface area (Å²) in [7, 11) is 0. The predicted octanol–water partition coefficient (Wildman–Crippen LogP) is 3.13. The summed E-state index contributed by atoms with van der Waals surface area (Å²) >= 11 is 3.29. The fourth-order valence-corrected chi connectivity index (χ4v) is 2.40. The average molecular weight is 394 g/mol. The Morgan fingerprint density at radius 2 is 2.04 bits per heavy atom. The van der Waals surface area contributed by atoms with Crippen molar-refractivity contribution in [3.8, 4) is 5.75 Å². The van der Waals surface area contributed by atoms with Gasteiger partial charge in [0.15, 0.2) is 0 Å². The number of carbonyl (C=O) groups is 1. The van der Waals surface area contributed by atoms with E-state index in [4.69, 9.17) is 15.2 Å². The molecule has 2 aromatic rings. The Labute approximate surface area is 149 Å². The van der Waals surface area contributed by atoms with Crippen LogP contribution in [0.15, 0.2) is 35.1 Å². The number of esters is 1. The van der Waals surface area contributed by atoms with Crippen LogP contribution in [0.4, 0.5) is 5.82 Å². The van der Waals surface area contributed by atoms with Gasteiger partial charge in [-0.05, 0) is 47.0 Å². The van der Waals surface area contributed by atoms with Crippen molar-refractivity contribution in [1.82, 2.24) is 9.97 Å². The summed E-state index contributed by atoms with van der Waals surface area (Å²) in [5, 5.41) is 0. The second-order valence-electron chi connectivity index (χ2n) is 5.10. The van der Waals surface area contributed by atoms with Crippen molar-refractivity contribution < 1.29 is 14.3 Å². The minimum absolute atomic E-state index is 0.191. The number of nitrogens with two attached hydrogens (primary N) is 1. The average Bonchev–Trinajstić information content (AvgIpc) is 2.57. The fourth-order valence-electron chi connectivity index (χ4n) is 2.08. The van der Waals surface area contributed by atoms with E-state index >= 15 is 0 Å². The standard InChI is InChI=1S/C17H20BrN3O3/c1-2-23-16(22)4-3-9-24-13-7-5-12(6-8-13)10-14-17(19)20-11-15(18)21-14/h5-8,11H,2-4,9-10H2,1H3,(H2,19,20). The third kappa shape index (κ3) is 5.81. The smallest absolute Gasteiger partial charge is 0.305 e. The number of halogens is 1. The van der Waals surface area contributed by atoms with Gasteiger partial charge in [0.1, 0.15) is 16.2 Å². The van der Waals surface area contributed by atoms with Gasteiger partial charge in [0.05, 0.1) is 25.1 Å². The lowest BCUT2D eigenvalue weighted by Crippen LogP contribution is -2.06. The molecule has 0 aliphatic carbocycles. The Hall–Kier alpha value is -2.15. The molecular weight excluding hydrogens is 374 g/mol. The van der Waals surface area contributed by atoms with Crippen LogP contribution in [0.5, 0.6) is 5.75 Å². The highest BCUT2D eigenvalue weighted by atomic mass is 79.9. The number of ether oxygens (including phenoxy) is 2. The summed E-state index contributed by atoms with van der Waals surface area (Å²) in [6.45, 7) is 2.68. The largest absolute Gasteiger partial charge is 0.494 e. The molecule has 1 aromatic carbocycles. The van der Waals surface area contributed by atoms with Crippen molar-refractivity contribution in [2.24, 2.45) is 0 Å². The minimum Gasteiger partial charge on any atom is -0.494 e. The van der Waals surface area contributed by atoms with E-state index in [9.17, 15) is 4.79 Å². The van der Waals surface area contributed by atoms with Gasteiger partial charge in [0.25, 0.3) is 0 Å². The Morgan fingerprint density at radius 1 is 1.29 bits per heavy atom. The van der Waals surface area contributed by atoms with Gasteiger partial charge in [-0.3, -0.25) is 4.79 Å². The fraction of sp³-hybridized carbons (Fsp3) is 0.353. The lowest BCUT2D eigenvalue weighted by atomic mass is 10.1. The van der Waals surface area contributed by atoms with Crippen molar-refractivity contribution >= 4 is 27.7 Å².